The second-order valence-corrected chi connectivity index (χ2v) is 7.04. The maximum absolute atomic E-state index is 12.2. The van der Waals surface area contributed by atoms with E-state index in [2.05, 4.69) is 26.1 Å². The van der Waals surface area contributed by atoms with Crippen LogP contribution in [0, 0.1) is 17.3 Å². The molecule has 0 aromatic rings. The number of hydrogen-bond donors (Lipinski definition) is 2. The predicted octanol–water partition coefficient (Wildman–Crippen LogP) is 3.12. The Bertz CT molecular complexity index is 276. The Labute approximate surface area is 118 Å². The van der Waals surface area contributed by atoms with Crippen molar-refractivity contribution in [2.45, 2.75) is 65.7 Å². The molecule has 0 aromatic heterocycles. The number of hydrogen-bond acceptors (Lipinski definition) is 2. The normalized spacial score (nSPS) is 26.1. The van der Waals surface area contributed by atoms with Gasteiger partial charge in [-0.3, -0.25) is 4.79 Å². The number of aliphatic hydroxyl groups excluding tert-OH is 1. The molecule has 2 atom stereocenters. The van der Waals surface area contributed by atoms with Gasteiger partial charge in [-0.1, -0.05) is 33.6 Å². The Morgan fingerprint density at radius 1 is 1.21 bits per heavy atom. The molecular formula is C16H31NO2. The Morgan fingerprint density at radius 2 is 1.89 bits per heavy atom. The van der Waals surface area contributed by atoms with E-state index in [9.17, 15) is 4.79 Å². The zero-order chi connectivity index (χ0) is 14.3. The lowest BCUT2D eigenvalue weighted by molar-refractivity contribution is -0.127. The highest BCUT2D eigenvalue weighted by molar-refractivity contribution is 5.78. The highest BCUT2D eigenvalue weighted by Crippen LogP contribution is 2.41. The van der Waals surface area contributed by atoms with Gasteiger partial charge in [-0.05, 0) is 43.4 Å². The van der Waals surface area contributed by atoms with Crippen LogP contribution in [0.1, 0.15) is 65.7 Å². The van der Waals surface area contributed by atoms with Gasteiger partial charge in [-0.2, -0.15) is 0 Å². The van der Waals surface area contributed by atoms with Gasteiger partial charge >= 0.3 is 0 Å². The smallest absolute Gasteiger partial charge is 0.223 e. The highest BCUT2D eigenvalue weighted by atomic mass is 16.2. The summed E-state index contributed by atoms with van der Waals surface area (Å²) in [6, 6.07) is 0. The van der Waals surface area contributed by atoms with Crippen molar-refractivity contribution in [3.63, 3.8) is 0 Å². The van der Waals surface area contributed by atoms with Gasteiger partial charge in [-0.15, -0.1) is 0 Å². The second kappa shape index (κ2) is 7.88. The molecule has 2 N–H and O–H groups in total. The molecule has 1 aliphatic rings. The minimum atomic E-state index is 0.205. The number of carbonyl (C=O) groups excluding carboxylic acids is 1. The van der Waals surface area contributed by atoms with E-state index >= 15 is 0 Å². The van der Waals surface area contributed by atoms with Crippen LogP contribution in [0.3, 0.4) is 0 Å². The average Bonchev–Trinajstić information content (AvgIpc) is 2.30. The van der Waals surface area contributed by atoms with Crippen molar-refractivity contribution < 1.29 is 9.90 Å². The van der Waals surface area contributed by atoms with Crippen molar-refractivity contribution in [1.82, 2.24) is 5.32 Å². The fourth-order valence-corrected chi connectivity index (χ4v) is 3.49. The van der Waals surface area contributed by atoms with Gasteiger partial charge < -0.3 is 10.4 Å². The first kappa shape index (κ1) is 16.5. The van der Waals surface area contributed by atoms with E-state index in [4.69, 9.17) is 5.11 Å². The molecule has 3 heteroatoms. The molecule has 0 radical (unpaired) electrons. The van der Waals surface area contributed by atoms with Crippen LogP contribution in [0.2, 0.25) is 0 Å². The number of rotatable bonds is 7. The molecule has 0 saturated heterocycles. The van der Waals surface area contributed by atoms with Crippen LogP contribution in [0.4, 0.5) is 0 Å². The summed E-state index contributed by atoms with van der Waals surface area (Å²) in [6.45, 7) is 7.88. The van der Waals surface area contributed by atoms with Crippen molar-refractivity contribution in [3.05, 3.63) is 0 Å². The summed E-state index contributed by atoms with van der Waals surface area (Å²) in [5.74, 6) is 1.11. The molecular weight excluding hydrogens is 238 g/mol. The van der Waals surface area contributed by atoms with E-state index in [1.165, 1.54) is 6.42 Å². The van der Waals surface area contributed by atoms with Gasteiger partial charge in [0.25, 0.3) is 0 Å². The third-order valence-electron chi connectivity index (χ3n) is 4.14. The van der Waals surface area contributed by atoms with Crippen molar-refractivity contribution in [1.29, 1.82) is 0 Å². The number of aliphatic hydroxyl groups is 1. The average molecular weight is 269 g/mol. The molecule has 0 bridgehead atoms. The van der Waals surface area contributed by atoms with E-state index < -0.39 is 0 Å². The standard InChI is InChI=1S/C16H31NO2/c1-13-10-14(12-16(2,3)11-13)15(19)17-8-6-4-5-7-9-18/h13-14,18H,4-12H2,1-3H3,(H,17,19). The van der Waals surface area contributed by atoms with Crippen LogP contribution in [-0.2, 0) is 4.79 Å². The van der Waals surface area contributed by atoms with Crippen molar-refractivity contribution in [2.24, 2.45) is 17.3 Å². The molecule has 0 aromatic carbocycles. The van der Waals surface area contributed by atoms with Gasteiger partial charge in [-0.25, -0.2) is 0 Å². The van der Waals surface area contributed by atoms with Crippen LogP contribution < -0.4 is 5.32 Å². The first-order chi connectivity index (χ1) is 8.94. The quantitative estimate of drug-likeness (QED) is 0.698. The Kier molecular flexibility index (Phi) is 6.84. The third-order valence-corrected chi connectivity index (χ3v) is 4.14. The number of amides is 1. The number of unbranched alkanes of at least 4 members (excludes halogenated alkanes) is 3. The largest absolute Gasteiger partial charge is 0.396 e. The molecule has 0 aliphatic heterocycles. The van der Waals surface area contributed by atoms with Gasteiger partial charge in [0.15, 0.2) is 0 Å². The molecule has 1 saturated carbocycles. The molecule has 1 aliphatic carbocycles. The Morgan fingerprint density at radius 3 is 2.53 bits per heavy atom. The third kappa shape index (κ3) is 6.42. The minimum absolute atomic E-state index is 0.205. The zero-order valence-electron chi connectivity index (χ0n) is 12.9. The van der Waals surface area contributed by atoms with Gasteiger partial charge in [0.05, 0.1) is 0 Å². The number of nitrogens with one attached hydrogen (secondary N) is 1. The Hall–Kier alpha value is -0.570. The molecule has 1 fully saturated rings. The maximum Gasteiger partial charge on any atom is 0.223 e. The lowest BCUT2D eigenvalue weighted by Crippen LogP contribution is -2.38. The monoisotopic (exact) mass is 269 g/mol. The van der Waals surface area contributed by atoms with E-state index in [0.717, 1.165) is 45.1 Å². The van der Waals surface area contributed by atoms with Gasteiger partial charge in [0, 0.05) is 19.1 Å². The Balaban J connectivity index is 2.22. The summed E-state index contributed by atoms with van der Waals surface area (Å²) in [5.41, 5.74) is 0.306. The van der Waals surface area contributed by atoms with Crippen LogP contribution in [0.25, 0.3) is 0 Å². The fraction of sp³-hybridized carbons (Fsp3) is 0.938. The molecule has 3 nitrogen and oxygen atoms in total. The molecule has 0 heterocycles. The lowest BCUT2D eigenvalue weighted by Gasteiger charge is -2.38. The lowest BCUT2D eigenvalue weighted by atomic mass is 9.68. The van der Waals surface area contributed by atoms with Gasteiger partial charge in [0.2, 0.25) is 5.91 Å². The number of carbonyl (C=O) groups is 1. The van der Waals surface area contributed by atoms with Crippen LogP contribution in [-0.4, -0.2) is 24.2 Å². The van der Waals surface area contributed by atoms with Crippen molar-refractivity contribution in [3.8, 4) is 0 Å². The first-order valence-corrected chi connectivity index (χ1v) is 7.83. The van der Waals surface area contributed by atoms with Crippen molar-refractivity contribution in [2.75, 3.05) is 13.2 Å². The van der Waals surface area contributed by atoms with E-state index in [0.29, 0.717) is 11.3 Å². The summed E-state index contributed by atoms with van der Waals surface area (Å²) in [5, 5.41) is 11.8. The molecule has 112 valence electrons. The molecule has 19 heavy (non-hydrogen) atoms. The molecule has 1 amide bonds. The summed E-state index contributed by atoms with van der Waals surface area (Å²) < 4.78 is 0. The van der Waals surface area contributed by atoms with Crippen LogP contribution in [0.5, 0.6) is 0 Å². The summed E-state index contributed by atoms with van der Waals surface area (Å²) in [4.78, 5) is 12.2. The summed E-state index contributed by atoms with van der Waals surface area (Å²) in [6.07, 6.45) is 7.35. The zero-order valence-corrected chi connectivity index (χ0v) is 12.9. The first-order valence-electron chi connectivity index (χ1n) is 7.83. The van der Waals surface area contributed by atoms with Crippen LogP contribution in [0.15, 0.2) is 0 Å². The van der Waals surface area contributed by atoms with E-state index in [-0.39, 0.29) is 18.4 Å². The topological polar surface area (TPSA) is 49.3 Å². The summed E-state index contributed by atoms with van der Waals surface area (Å²) in [7, 11) is 0. The second-order valence-electron chi connectivity index (χ2n) is 7.04. The van der Waals surface area contributed by atoms with E-state index in [1.54, 1.807) is 0 Å². The van der Waals surface area contributed by atoms with Crippen molar-refractivity contribution >= 4 is 5.91 Å². The molecule has 2 unspecified atom stereocenters. The SMILES string of the molecule is CC1CC(C(=O)NCCCCCCO)CC(C)(C)C1. The predicted molar refractivity (Wildman–Crippen MR) is 78.8 cm³/mol. The minimum Gasteiger partial charge on any atom is -0.396 e. The molecule has 1 rings (SSSR count). The summed E-state index contributed by atoms with van der Waals surface area (Å²) >= 11 is 0. The van der Waals surface area contributed by atoms with E-state index in [1.807, 2.05) is 0 Å². The highest BCUT2D eigenvalue weighted by Gasteiger charge is 2.35. The maximum atomic E-state index is 12.2. The molecule has 0 spiro atoms. The van der Waals surface area contributed by atoms with Gasteiger partial charge in [0.1, 0.15) is 0 Å². The van der Waals surface area contributed by atoms with Crippen LogP contribution >= 0.6 is 0 Å². The fourth-order valence-electron chi connectivity index (χ4n) is 3.49.